The number of carbonyl (C=O) groups excluding carboxylic acids is 2. The van der Waals surface area contributed by atoms with Crippen LogP contribution < -0.4 is 19.5 Å². The van der Waals surface area contributed by atoms with Gasteiger partial charge in [-0.15, -0.1) is 0 Å². The molecule has 0 bridgehead atoms. The Balaban J connectivity index is 1.68. The van der Waals surface area contributed by atoms with Crippen LogP contribution in [0.15, 0.2) is 84.9 Å². The first-order valence-corrected chi connectivity index (χ1v) is 13.5. The highest BCUT2D eigenvalue weighted by Gasteiger charge is 2.26. The molecule has 0 atom stereocenters. The van der Waals surface area contributed by atoms with Crippen molar-refractivity contribution in [2.24, 2.45) is 0 Å². The molecule has 1 aromatic heterocycles. The Morgan fingerprint density at radius 1 is 0.837 bits per heavy atom. The van der Waals surface area contributed by atoms with Gasteiger partial charge in [-0.05, 0) is 73.5 Å². The van der Waals surface area contributed by atoms with E-state index in [0.29, 0.717) is 39.6 Å². The molecule has 43 heavy (non-hydrogen) atoms. The topological polar surface area (TPSA) is 91.7 Å². The molecule has 5 aromatic rings. The molecule has 0 aliphatic heterocycles. The molecule has 0 spiro atoms. The number of anilines is 1. The molecule has 1 heterocycles. The number of hydrogen-bond donors (Lipinski definition) is 1. The quantitative estimate of drug-likeness (QED) is 0.196. The number of rotatable bonds is 8. The second-order valence-corrected chi connectivity index (χ2v) is 9.97. The third-order valence-corrected chi connectivity index (χ3v) is 6.81. The van der Waals surface area contributed by atoms with Crippen LogP contribution in [0.25, 0.3) is 28.1 Å². The van der Waals surface area contributed by atoms with E-state index >= 15 is 0 Å². The number of carbonyl (C=O) groups is 2. The minimum Gasteiger partial charge on any atom is -0.497 e. The van der Waals surface area contributed by atoms with Gasteiger partial charge in [0.15, 0.2) is 0 Å². The van der Waals surface area contributed by atoms with Gasteiger partial charge in [0, 0.05) is 29.8 Å². The van der Waals surface area contributed by atoms with Crippen molar-refractivity contribution in [2.75, 3.05) is 19.5 Å². The number of methoxy groups -OCH3 is 2. The number of halogens is 1. The average Bonchev–Trinajstić information content (AvgIpc) is 3.35. The molecule has 0 unspecified atom stereocenters. The predicted molar refractivity (Wildman–Crippen MR) is 163 cm³/mol. The van der Waals surface area contributed by atoms with E-state index in [1.807, 2.05) is 44.2 Å². The zero-order chi connectivity index (χ0) is 30.7. The van der Waals surface area contributed by atoms with Crippen LogP contribution in [0, 0.1) is 19.7 Å². The maximum atomic E-state index is 13.6. The monoisotopic (exact) mass is 579 g/mol. The van der Waals surface area contributed by atoms with Crippen molar-refractivity contribution in [1.29, 1.82) is 0 Å². The van der Waals surface area contributed by atoms with Crippen molar-refractivity contribution in [2.45, 2.75) is 20.8 Å². The summed E-state index contributed by atoms with van der Waals surface area (Å²) < 4.78 is 32.1. The number of aryl methyl sites for hydroxylation is 2. The molecule has 8 nitrogen and oxygen atoms in total. The van der Waals surface area contributed by atoms with Crippen LogP contribution in [-0.2, 0) is 4.79 Å². The first kappa shape index (κ1) is 29.1. The van der Waals surface area contributed by atoms with E-state index in [1.165, 1.54) is 31.2 Å². The summed E-state index contributed by atoms with van der Waals surface area (Å²) in [5.41, 5.74) is 5.87. The Morgan fingerprint density at radius 3 is 2.14 bits per heavy atom. The van der Waals surface area contributed by atoms with Crippen molar-refractivity contribution < 1.29 is 28.2 Å². The zero-order valence-electron chi connectivity index (χ0n) is 24.4. The van der Waals surface area contributed by atoms with Crippen LogP contribution in [0.2, 0.25) is 0 Å². The van der Waals surface area contributed by atoms with Crippen LogP contribution >= 0.6 is 0 Å². The molecular formula is C34H30FN3O5. The van der Waals surface area contributed by atoms with Crippen LogP contribution in [0.5, 0.6) is 17.4 Å². The van der Waals surface area contributed by atoms with Gasteiger partial charge in [0.05, 0.1) is 25.5 Å². The van der Waals surface area contributed by atoms with Gasteiger partial charge in [0.1, 0.15) is 23.0 Å². The Kier molecular flexibility index (Phi) is 8.25. The third-order valence-electron chi connectivity index (χ3n) is 6.81. The maximum Gasteiger partial charge on any atom is 0.309 e. The summed E-state index contributed by atoms with van der Waals surface area (Å²) in [5, 5.41) is 7.75. The SMILES string of the molecule is COc1cc(OC)cc(-c2nn(-c3ccc(C)cc3C)c(OC(C)=O)c2-c2ccc(NC(=O)c3cccc(F)c3)cc2)c1. The summed E-state index contributed by atoms with van der Waals surface area (Å²) in [4.78, 5) is 25.1. The normalized spacial score (nSPS) is 10.7. The summed E-state index contributed by atoms with van der Waals surface area (Å²) >= 11 is 0. The Morgan fingerprint density at radius 2 is 1.53 bits per heavy atom. The van der Waals surface area contributed by atoms with Crippen LogP contribution in [-0.4, -0.2) is 35.9 Å². The average molecular weight is 580 g/mol. The van der Waals surface area contributed by atoms with Crippen LogP contribution in [0.1, 0.15) is 28.4 Å². The molecule has 0 fully saturated rings. The molecule has 9 heteroatoms. The first-order chi connectivity index (χ1) is 20.7. The maximum absolute atomic E-state index is 13.6. The van der Waals surface area contributed by atoms with Gasteiger partial charge >= 0.3 is 5.97 Å². The summed E-state index contributed by atoms with van der Waals surface area (Å²) in [6, 6.07) is 23.8. The molecule has 0 aliphatic carbocycles. The Labute approximate surface area is 248 Å². The highest BCUT2D eigenvalue weighted by atomic mass is 19.1. The summed E-state index contributed by atoms with van der Waals surface area (Å²) in [5.74, 6) is -0.103. The molecule has 0 saturated heterocycles. The van der Waals surface area contributed by atoms with Gasteiger partial charge in [0.2, 0.25) is 5.88 Å². The number of benzene rings is 4. The third kappa shape index (κ3) is 6.25. The number of aromatic nitrogens is 2. The fourth-order valence-corrected chi connectivity index (χ4v) is 4.80. The van der Waals surface area contributed by atoms with E-state index in [9.17, 15) is 14.0 Å². The van der Waals surface area contributed by atoms with Crippen molar-refractivity contribution in [3.05, 3.63) is 107 Å². The van der Waals surface area contributed by atoms with Crippen molar-refractivity contribution in [3.8, 4) is 45.5 Å². The van der Waals surface area contributed by atoms with E-state index in [0.717, 1.165) is 16.8 Å². The summed E-state index contributed by atoms with van der Waals surface area (Å²) in [7, 11) is 3.13. The molecule has 0 radical (unpaired) electrons. The Bertz CT molecular complexity index is 1810. The van der Waals surface area contributed by atoms with Gasteiger partial charge in [-0.3, -0.25) is 9.59 Å². The number of nitrogens with zero attached hydrogens (tertiary/aromatic N) is 2. The van der Waals surface area contributed by atoms with Crippen molar-refractivity contribution in [3.63, 3.8) is 0 Å². The van der Waals surface area contributed by atoms with Gasteiger partial charge in [-0.1, -0.05) is 35.9 Å². The fraction of sp³-hybridized carbons (Fsp3) is 0.147. The standard InChI is InChI=1S/C34H30FN3O5/c1-20-9-14-30(21(2)15-20)38-34(43-22(3)39)31(32(37-38)25-17-28(41-4)19-29(18-25)42-5)23-10-12-27(13-11-23)36-33(40)24-7-6-8-26(35)16-24/h6-19H,1-5H3,(H,36,40). The largest absolute Gasteiger partial charge is 0.497 e. The van der Waals surface area contributed by atoms with Gasteiger partial charge in [-0.2, -0.15) is 9.78 Å². The highest BCUT2D eigenvalue weighted by molar-refractivity contribution is 6.04. The van der Waals surface area contributed by atoms with Crippen molar-refractivity contribution >= 4 is 17.6 Å². The molecule has 1 N–H and O–H groups in total. The predicted octanol–water partition coefficient (Wildman–Crippen LogP) is 7.16. The first-order valence-electron chi connectivity index (χ1n) is 13.5. The van der Waals surface area contributed by atoms with E-state index in [4.69, 9.17) is 19.3 Å². The lowest BCUT2D eigenvalue weighted by Gasteiger charge is -2.12. The minimum absolute atomic E-state index is 0.199. The molecule has 5 rings (SSSR count). The van der Waals surface area contributed by atoms with Crippen LogP contribution in [0.4, 0.5) is 10.1 Å². The molecule has 1 amide bonds. The minimum atomic E-state index is -0.513. The molecule has 218 valence electrons. The van der Waals surface area contributed by atoms with Crippen molar-refractivity contribution in [1.82, 2.24) is 9.78 Å². The molecule has 0 saturated carbocycles. The molecular weight excluding hydrogens is 549 g/mol. The second kappa shape index (κ2) is 12.2. The van der Waals surface area contributed by atoms with Crippen LogP contribution in [0.3, 0.4) is 0 Å². The van der Waals surface area contributed by atoms with E-state index in [2.05, 4.69) is 5.32 Å². The zero-order valence-corrected chi connectivity index (χ0v) is 24.4. The number of amides is 1. The smallest absolute Gasteiger partial charge is 0.309 e. The number of ether oxygens (including phenoxy) is 3. The number of esters is 1. The number of nitrogens with one attached hydrogen (secondary N) is 1. The lowest BCUT2D eigenvalue weighted by Crippen LogP contribution is -2.12. The molecule has 0 aliphatic rings. The summed E-state index contributed by atoms with van der Waals surface area (Å²) in [6.07, 6.45) is 0. The number of hydrogen-bond acceptors (Lipinski definition) is 6. The highest BCUT2D eigenvalue weighted by Crippen LogP contribution is 2.43. The van der Waals surface area contributed by atoms with Gasteiger partial charge in [0.25, 0.3) is 5.91 Å². The lowest BCUT2D eigenvalue weighted by atomic mass is 10.00. The summed E-state index contributed by atoms with van der Waals surface area (Å²) in [6.45, 7) is 5.30. The van der Waals surface area contributed by atoms with Gasteiger partial charge in [-0.25, -0.2) is 4.39 Å². The lowest BCUT2D eigenvalue weighted by molar-refractivity contribution is -0.132. The van der Waals surface area contributed by atoms with E-state index in [-0.39, 0.29) is 11.4 Å². The second-order valence-electron chi connectivity index (χ2n) is 9.97. The van der Waals surface area contributed by atoms with E-state index in [1.54, 1.807) is 49.2 Å². The Hall–Kier alpha value is -5.44. The van der Waals surface area contributed by atoms with Gasteiger partial charge < -0.3 is 19.5 Å². The molecule has 4 aromatic carbocycles. The fourth-order valence-electron chi connectivity index (χ4n) is 4.80. The van der Waals surface area contributed by atoms with E-state index < -0.39 is 17.7 Å².